The number of anilines is 1. The number of rotatable bonds is 5. The lowest BCUT2D eigenvalue weighted by Gasteiger charge is -2.16. The summed E-state index contributed by atoms with van der Waals surface area (Å²) in [6.07, 6.45) is 3.71. The number of amides is 3. The van der Waals surface area contributed by atoms with E-state index < -0.39 is 5.91 Å². The number of carbonyl (C=O) groups excluding carboxylic acids is 2. The van der Waals surface area contributed by atoms with Crippen LogP contribution in [0.15, 0.2) is 0 Å². The predicted molar refractivity (Wildman–Crippen MR) is 77.0 cm³/mol. The van der Waals surface area contributed by atoms with E-state index in [1.54, 1.807) is 11.8 Å². The fourth-order valence-electron chi connectivity index (χ4n) is 2.44. The number of thiazole rings is 1. The summed E-state index contributed by atoms with van der Waals surface area (Å²) in [5.41, 5.74) is 5.89. The van der Waals surface area contributed by atoms with E-state index in [-0.39, 0.29) is 6.03 Å². The summed E-state index contributed by atoms with van der Waals surface area (Å²) in [4.78, 5) is 31.9. The summed E-state index contributed by atoms with van der Waals surface area (Å²) >= 11 is 1.20. The molecule has 2 heterocycles. The maximum Gasteiger partial charge on any atom is 0.326 e. The molecule has 0 bridgehead atoms. The van der Waals surface area contributed by atoms with E-state index in [4.69, 9.17) is 5.73 Å². The maximum absolute atomic E-state index is 12.3. The molecule has 0 radical (unpaired) electrons. The number of hydrogen-bond acceptors (Lipinski definition) is 4. The molecule has 108 valence electrons. The Labute approximate surface area is 121 Å². The molecule has 1 saturated carbocycles. The van der Waals surface area contributed by atoms with Gasteiger partial charge in [-0.3, -0.25) is 9.69 Å². The highest BCUT2D eigenvalue weighted by molar-refractivity contribution is 7.17. The van der Waals surface area contributed by atoms with E-state index in [9.17, 15) is 9.59 Å². The number of urea groups is 1. The topological polar surface area (TPSA) is 79.5 Å². The van der Waals surface area contributed by atoms with Crippen molar-refractivity contribution in [2.24, 2.45) is 11.7 Å². The third-order valence-corrected chi connectivity index (χ3v) is 5.03. The van der Waals surface area contributed by atoms with Crippen LogP contribution in [0.1, 0.15) is 34.6 Å². The Kier molecular flexibility index (Phi) is 3.37. The van der Waals surface area contributed by atoms with Gasteiger partial charge in [0.15, 0.2) is 5.13 Å². The van der Waals surface area contributed by atoms with Crippen molar-refractivity contribution in [3.8, 4) is 0 Å². The third-order valence-electron chi connectivity index (χ3n) is 3.84. The van der Waals surface area contributed by atoms with Crippen LogP contribution in [-0.2, 0) is 0 Å². The Hall–Kier alpha value is -1.63. The van der Waals surface area contributed by atoms with E-state index in [1.165, 1.54) is 24.2 Å². The van der Waals surface area contributed by atoms with Gasteiger partial charge in [-0.25, -0.2) is 9.78 Å². The van der Waals surface area contributed by atoms with Crippen LogP contribution in [0.25, 0.3) is 0 Å². The molecule has 2 aliphatic rings. The Morgan fingerprint density at radius 1 is 1.45 bits per heavy atom. The van der Waals surface area contributed by atoms with Gasteiger partial charge in [-0.1, -0.05) is 24.2 Å². The SMILES string of the molecule is Cc1nc(N2CCN(CCC3CC3)C2=O)sc1C(N)=O. The Bertz CT molecular complexity index is 553. The van der Waals surface area contributed by atoms with Gasteiger partial charge in [-0.2, -0.15) is 0 Å². The molecule has 20 heavy (non-hydrogen) atoms. The summed E-state index contributed by atoms with van der Waals surface area (Å²) in [7, 11) is 0. The first-order valence-corrected chi connectivity index (χ1v) is 7.71. The molecule has 6 nitrogen and oxygen atoms in total. The van der Waals surface area contributed by atoms with Crippen molar-refractivity contribution >= 4 is 28.4 Å². The molecular weight excluding hydrogens is 276 g/mol. The zero-order chi connectivity index (χ0) is 14.3. The lowest BCUT2D eigenvalue weighted by atomic mass is 10.3. The molecule has 2 fully saturated rings. The fraction of sp³-hybridized carbons (Fsp3) is 0.615. The van der Waals surface area contributed by atoms with Crippen LogP contribution in [0, 0.1) is 12.8 Å². The average Bonchev–Trinajstić information content (AvgIpc) is 3.04. The summed E-state index contributed by atoms with van der Waals surface area (Å²) in [6, 6.07) is -0.00424. The molecule has 3 amide bonds. The van der Waals surface area contributed by atoms with Gasteiger partial charge in [0, 0.05) is 19.6 Å². The number of hydrogen-bond donors (Lipinski definition) is 1. The maximum atomic E-state index is 12.3. The minimum Gasteiger partial charge on any atom is -0.365 e. The number of aryl methyl sites for hydroxylation is 1. The van der Waals surface area contributed by atoms with Gasteiger partial charge in [-0.15, -0.1) is 0 Å². The Morgan fingerprint density at radius 3 is 2.80 bits per heavy atom. The smallest absolute Gasteiger partial charge is 0.326 e. The van der Waals surface area contributed by atoms with E-state index >= 15 is 0 Å². The highest BCUT2D eigenvalue weighted by Crippen LogP contribution is 2.33. The number of carbonyl (C=O) groups is 2. The summed E-state index contributed by atoms with van der Waals surface area (Å²) in [5.74, 6) is 0.337. The van der Waals surface area contributed by atoms with Crippen molar-refractivity contribution in [3.05, 3.63) is 10.6 Å². The molecule has 1 aliphatic heterocycles. The second kappa shape index (κ2) is 5.05. The second-order valence-electron chi connectivity index (χ2n) is 5.43. The van der Waals surface area contributed by atoms with Gasteiger partial charge >= 0.3 is 6.03 Å². The normalized spacial score (nSPS) is 18.9. The lowest BCUT2D eigenvalue weighted by Crippen LogP contribution is -2.32. The Balaban J connectivity index is 1.69. The molecule has 1 saturated heterocycles. The molecule has 2 N–H and O–H groups in total. The first-order valence-electron chi connectivity index (χ1n) is 6.90. The van der Waals surface area contributed by atoms with Gasteiger partial charge in [0.25, 0.3) is 5.91 Å². The molecule has 1 aliphatic carbocycles. The number of nitrogens with zero attached hydrogens (tertiary/aromatic N) is 3. The fourth-order valence-corrected chi connectivity index (χ4v) is 3.38. The quantitative estimate of drug-likeness (QED) is 0.895. The first-order chi connectivity index (χ1) is 9.56. The van der Waals surface area contributed by atoms with Crippen molar-refractivity contribution in [2.45, 2.75) is 26.2 Å². The van der Waals surface area contributed by atoms with Crippen molar-refractivity contribution in [1.82, 2.24) is 9.88 Å². The predicted octanol–water partition coefficient (Wildman–Crippen LogP) is 1.59. The van der Waals surface area contributed by atoms with Crippen LogP contribution in [0.2, 0.25) is 0 Å². The second-order valence-corrected chi connectivity index (χ2v) is 6.41. The molecular formula is C13H18N4O2S. The molecule has 0 aromatic carbocycles. The van der Waals surface area contributed by atoms with Crippen molar-refractivity contribution in [3.63, 3.8) is 0 Å². The summed E-state index contributed by atoms with van der Waals surface area (Å²) in [5, 5.41) is 0.579. The third kappa shape index (κ3) is 2.49. The van der Waals surface area contributed by atoms with Gasteiger partial charge in [0.1, 0.15) is 4.88 Å². The minimum absolute atomic E-state index is 0.00424. The van der Waals surface area contributed by atoms with Crippen LogP contribution in [0.5, 0.6) is 0 Å². The molecule has 0 unspecified atom stereocenters. The largest absolute Gasteiger partial charge is 0.365 e. The van der Waals surface area contributed by atoms with Crippen molar-refractivity contribution < 1.29 is 9.59 Å². The minimum atomic E-state index is -0.483. The van der Waals surface area contributed by atoms with Crippen molar-refractivity contribution in [1.29, 1.82) is 0 Å². The van der Waals surface area contributed by atoms with Crippen LogP contribution < -0.4 is 10.6 Å². The monoisotopic (exact) mass is 294 g/mol. The molecule has 7 heteroatoms. The van der Waals surface area contributed by atoms with Gasteiger partial charge in [0.05, 0.1) is 5.69 Å². The van der Waals surface area contributed by atoms with Gasteiger partial charge < -0.3 is 10.6 Å². The zero-order valence-electron chi connectivity index (χ0n) is 11.5. The molecule has 3 rings (SSSR count). The van der Waals surface area contributed by atoms with Crippen LogP contribution in [0.3, 0.4) is 0 Å². The van der Waals surface area contributed by atoms with Crippen molar-refractivity contribution in [2.75, 3.05) is 24.5 Å². The average molecular weight is 294 g/mol. The van der Waals surface area contributed by atoms with E-state index in [1.807, 2.05) is 4.90 Å². The van der Waals surface area contributed by atoms with Crippen LogP contribution >= 0.6 is 11.3 Å². The van der Waals surface area contributed by atoms with Crippen LogP contribution in [-0.4, -0.2) is 41.5 Å². The summed E-state index contributed by atoms with van der Waals surface area (Å²) in [6.45, 7) is 3.93. The lowest BCUT2D eigenvalue weighted by molar-refractivity contribution is 0.100. The summed E-state index contributed by atoms with van der Waals surface area (Å²) < 4.78 is 0. The molecule has 0 spiro atoms. The van der Waals surface area contributed by atoms with Gasteiger partial charge in [-0.05, 0) is 19.3 Å². The van der Waals surface area contributed by atoms with E-state index in [0.717, 1.165) is 25.4 Å². The van der Waals surface area contributed by atoms with E-state index in [2.05, 4.69) is 4.98 Å². The highest BCUT2D eigenvalue weighted by Gasteiger charge is 2.33. The standard InChI is InChI=1S/C13H18N4O2S/c1-8-10(11(14)18)20-12(15-8)17-7-6-16(13(17)19)5-4-9-2-3-9/h9H,2-7H2,1H3,(H2,14,18). The zero-order valence-corrected chi connectivity index (χ0v) is 12.3. The molecule has 1 aromatic rings. The van der Waals surface area contributed by atoms with Gasteiger partial charge in [0.2, 0.25) is 0 Å². The van der Waals surface area contributed by atoms with Crippen LogP contribution in [0.4, 0.5) is 9.93 Å². The number of nitrogens with two attached hydrogens (primary N) is 1. The first kappa shape index (κ1) is 13.4. The Morgan fingerprint density at radius 2 is 2.20 bits per heavy atom. The number of primary amides is 1. The molecule has 0 atom stereocenters. The number of aromatic nitrogens is 1. The highest BCUT2D eigenvalue weighted by atomic mass is 32.1. The van der Waals surface area contributed by atoms with E-state index in [0.29, 0.717) is 22.2 Å². The molecule has 1 aromatic heterocycles.